The minimum atomic E-state index is -4.18. The van der Waals surface area contributed by atoms with Crippen LogP contribution in [0.25, 0.3) is 11.1 Å². The lowest BCUT2D eigenvalue weighted by molar-refractivity contribution is -0.144. The Morgan fingerprint density at radius 3 is 2.72 bits per heavy atom. The molecule has 18 heavy (non-hydrogen) atoms. The van der Waals surface area contributed by atoms with Crippen LogP contribution in [0.1, 0.15) is 11.5 Å². The summed E-state index contributed by atoms with van der Waals surface area (Å²) in [7, 11) is 1.43. The van der Waals surface area contributed by atoms with Crippen LogP contribution in [-0.2, 0) is 6.54 Å². The van der Waals surface area contributed by atoms with Crippen molar-refractivity contribution in [3.63, 3.8) is 0 Å². The highest BCUT2D eigenvalue weighted by atomic mass is 19.4. The predicted molar refractivity (Wildman–Crippen MR) is 61.1 cm³/mol. The highest BCUT2D eigenvalue weighted by Crippen LogP contribution is 2.20. The molecule has 1 aromatic carbocycles. The highest BCUT2D eigenvalue weighted by Gasteiger charge is 2.29. The molecule has 98 valence electrons. The Hall–Kier alpha value is -1.56. The second kappa shape index (κ2) is 4.61. The third-order valence-electron chi connectivity index (χ3n) is 2.46. The Morgan fingerprint density at radius 2 is 2.06 bits per heavy atom. The van der Waals surface area contributed by atoms with Gasteiger partial charge < -0.3 is 4.42 Å². The fourth-order valence-corrected chi connectivity index (χ4v) is 1.86. The van der Waals surface area contributed by atoms with E-state index in [1.807, 2.05) is 0 Å². The first kappa shape index (κ1) is 12.9. The number of fused-ring (bicyclic) bond motifs is 1. The van der Waals surface area contributed by atoms with Gasteiger partial charge in [0, 0.05) is 13.5 Å². The minimum absolute atomic E-state index is 0.217. The van der Waals surface area contributed by atoms with Gasteiger partial charge in [-0.05, 0) is 24.7 Å². The summed E-state index contributed by atoms with van der Waals surface area (Å²) in [6, 6.07) is 5.24. The van der Waals surface area contributed by atoms with Gasteiger partial charge in [-0.1, -0.05) is 6.07 Å². The summed E-state index contributed by atoms with van der Waals surface area (Å²) in [4.78, 5) is 5.35. The molecule has 0 aliphatic carbocycles. The number of benzene rings is 1. The van der Waals surface area contributed by atoms with E-state index in [0.717, 1.165) is 11.1 Å². The summed E-state index contributed by atoms with van der Waals surface area (Å²) in [5, 5.41) is 0. The van der Waals surface area contributed by atoms with E-state index in [1.54, 1.807) is 25.1 Å². The van der Waals surface area contributed by atoms with Crippen LogP contribution < -0.4 is 0 Å². The number of nitrogens with zero attached hydrogens (tertiary/aromatic N) is 2. The van der Waals surface area contributed by atoms with Crippen LogP contribution in [0.5, 0.6) is 0 Å². The lowest BCUT2D eigenvalue weighted by atomic mass is 10.2. The number of alkyl halides is 3. The van der Waals surface area contributed by atoms with Crippen molar-refractivity contribution >= 4 is 11.1 Å². The van der Waals surface area contributed by atoms with Gasteiger partial charge in [0.2, 0.25) is 0 Å². The second-order valence-corrected chi connectivity index (χ2v) is 4.32. The highest BCUT2D eigenvalue weighted by molar-refractivity contribution is 5.73. The van der Waals surface area contributed by atoms with E-state index in [1.165, 1.54) is 11.9 Å². The number of oxazole rings is 1. The van der Waals surface area contributed by atoms with Gasteiger partial charge in [0.25, 0.3) is 0 Å². The van der Waals surface area contributed by atoms with Crippen molar-refractivity contribution in [2.24, 2.45) is 0 Å². The predicted octanol–water partition coefficient (Wildman–Crippen LogP) is 3.13. The number of rotatable bonds is 3. The van der Waals surface area contributed by atoms with Crippen molar-refractivity contribution in [1.29, 1.82) is 0 Å². The van der Waals surface area contributed by atoms with Gasteiger partial charge in [-0.25, -0.2) is 4.98 Å². The van der Waals surface area contributed by atoms with E-state index in [2.05, 4.69) is 4.98 Å². The third kappa shape index (κ3) is 3.22. The maximum Gasteiger partial charge on any atom is 0.401 e. The SMILES string of the molecule is Cc1nc2ccc(CN(C)CC(F)(F)F)cc2o1. The van der Waals surface area contributed by atoms with Crippen LogP contribution in [0.15, 0.2) is 22.6 Å². The zero-order chi connectivity index (χ0) is 13.3. The Labute approximate surface area is 102 Å². The fourth-order valence-electron chi connectivity index (χ4n) is 1.86. The standard InChI is InChI=1S/C12H13F3N2O/c1-8-16-10-4-3-9(5-11(10)18-8)6-17(2)7-12(13,14)15/h3-5H,6-7H2,1-2H3. The summed E-state index contributed by atoms with van der Waals surface area (Å²) in [6.45, 7) is 1.02. The average molecular weight is 258 g/mol. The number of hydrogen-bond acceptors (Lipinski definition) is 3. The first-order chi connectivity index (χ1) is 8.33. The molecule has 6 heteroatoms. The van der Waals surface area contributed by atoms with E-state index in [-0.39, 0.29) is 6.54 Å². The molecule has 0 amide bonds. The van der Waals surface area contributed by atoms with Crippen LogP contribution in [0, 0.1) is 6.92 Å². The summed E-state index contributed by atoms with van der Waals surface area (Å²) in [5.41, 5.74) is 2.09. The number of aromatic nitrogens is 1. The maximum atomic E-state index is 12.2. The summed E-state index contributed by atoms with van der Waals surface area (Å²) >= 11 is 0. The molecule has 0 fully saturated rings. The number of halogens is 3. The molecule has 0 atom stereocenters. The molecule has 0 spiro atoms. The van der Waals surface area contributed by atoms with Crippen LogP contribution in [0.4, 0.5) is 13.2 Å². The van der Waals surface area contributed by atoms with Gasteiger partial charge in [-0.2, -0.15) is 13.2 Å². The fraction of sp³-hybridized carbons (Fsp3) is 0.417. The molecule has 0 radical (unpaired) electrons. The average Bonchev–Trinajstić information content (AvgIpc) is 2.53. The van der Waals surface area contributed by atoms with Gasteiger partial charge in [0.15, 0.2) is 11.5 Å². The molecule has 1 heterocycles. The Balaban J connectivity index is 2.11. The normalized spacial score (nSPS) is 12.6. The smallest absolute Gasteiger partial charge is 0.401 e. The molecular weight excluding hydrogens is 245 g/mol. The molecule has 0 saturated carbocycles. The van der Waals surface area contributed by atoms with Crippen molar-refractivity contribution in [2.45, 2.75) is 19.6 Å². The molecule has 0 saturated heterocycles. The van der Waals surface area contributed by atoms with E-state index in [0.29, 0.717) is 11.5 Å². The lowest BCUT2D eigenvalue weighted by Crippen LogP contribution is -2.30. The quantitative estimate of drug-likeness (QED) is 0.847. The van der Waals surface area contributed by atoms with Crippen LogP contribution in [0.2, 0.25) is 0 Å². The summed E-state index contributed by atoms with van der Waals surface area (Å²) in [5.74, 6) is 0.547. The monoisotopic (exact) mass is 258 g/mol. The van der Waals surface area contributed by atoms with Crippen molar-refractivity contribution in [2.75, 3.05) is 13.6 Å². The zero-order valence-corrected chi connectivity index (χ0v) is 10.1. The van der Waals surface area contributed by atoms with Gasteiger partial charge in [-0.3, -0.25) is 4.90 Å². The maximum absolute atomic E-state index is 12.2. The van der Waals surface area contributed by atoms with Crippen molar-refractivity contribution in [3.8, 4) is 0 Å². The first-order valence-corrected chi connectivity index (χ1v) is 5.45. The molecule has 0 aliphatic rings. The van der Waals surface area contributed by atoms with Gasteiger partial charge >= 0.3 is 6.18 Å². The van der Waals surface area contributed by atoms with Crippen LogP contribution in [0.3, 0.4) is 0 Å². The van der Waals surface area contributed by atoms with E-state index >= 15 is 0 Å². The topological polar surface area (TPSA) is 29.3 Å². The summed E-state index contributed by atoms with van der Waals surface area (Å²) in [6.07, 6.45) is -4.18. The van der Waals surface area contributed by atoms with E-state index in [4.69, 9.17) is 4.42 Å². The molecule has 2 aromatic rings. The Morgan fingerprint density at radius 1 is 1.33 bits per heavy atom. The zero-order valence-electron chi connectivity index (χ0n) is 10.1. The molecule has 0 aliphatic heterocycles. The lowest BCUT2D eigenvalue weighted by Gasteiger charge is -2.18. The minimum Gasteiger partial charge on any atom is -0.441 e. The van der Waals surface area contributed by atoms with Crippen molar-refractivity contribution in [3.05, 3.63) is 29.7 Å². The van der Waals surface area contributed by atoms with E-state index in [9.17, 15) is 13.2 Å². The first-order valence-electron chi connectivity index (χ1n) is 5.45. The molecule has 0 bridgehead atoms. The van der Waals surface area contributed by atoms with E-state index < -0.39 is 12.7 Å². The molecule has 0 unspecified atom stereocenters. The van der Waals surface area contributed by atoms with Crippen LogP contribution in [-0.4, -0.2) is 29.7 Å². The van der Waals surface area contributed by atoms with Gasteiger partial charge in [0.1, 0.15) is 5.52 Å². The second-order valence-electron chi connectivity index (χ2n) is 4.32. The van der Waals surface area contributed by atoms with Gasteiger partial charge in [-0.15, -0.1) is 0 Å². The third-order valence-corrected chi connectivity index (χ3v) is 2.46. The largest absolute Gasteiger partial charge is 0.441 e. The molecule has 3 nitrogen and oxygen atoms in total. The molecule has 0 N–H and O–H groups in total. The summed E-state index contributed by atoms with van der Waals surface area (Å²) < 4.78 is 41.9. The molecular formula is C12H13F3N2O. The Kier molecular flexibility index (Phi) is 3.30. The van der Waals surface area contributed by atoms with Crippen molar-refractivity contribution in [1.82, 2.24) is 9.88 Å². The molecule has 2 rings (SSSR count). The molecule has 1 aromatic heterocycles. The van der Waals surface area contributed by atoms with Gasteiger partial charge in [0.05, 0.1) is 6.54 Å². The van der Waals surface area contributed by atoms with Crippen molar-refractivity contribution < 1.29 is 17.6 Å². The Bertz CT molecular complexity index is 548. The number of hydrogen-bond donors (Lipinski definition) is 0. The van der Waals surface area contributed by atoms with Crippen LogP contribution >= 0.6 is 0 Å². The number of aryl methyl sites for hydroxylation is 1.